The predicted molar refractivity (Wildman–Crippen MR) is 71.9 cm³/mol. The summed E-state index contributed by atoms with van der Waals surface area (Å²) < 4.78 is 18.1. The monoisotopic (exact) mass is 299 g/mol. The van der Waals surface area contributed by atoms with Crippen molar-refractivity contribution in [1.82, 2.24) is 5.32 Å². The Morgan fingerprint density at radius 3 is 2.90 bits per heavy atom. The molecule has 2 rings (SSSR count). The number of carbonyl (C=O) groups is 2. The Labute approximate surface area is 121 Å². The number of hydrogen-bond donors (Lipinski definition) is 1. The van der Waals surface area contributed by atoms with Crippen LogP contribution in [0.4, 0.5) is 4.39 Å². The third kappa shape index (κ3) is 2.50. The normalized spacial score (nSPS) is 25.4. The number of ether oxygens (including phenoxy) is 1. The lowest BCUT2D eigenvalue weighted by atomic mass is 9.76. The summed E-state index contributed by atoms with van der Waals surface area (Å²) in [7, 11) is 0. The molecule has 0 aromatic heterocycles. The van der Waals surface area contributed by atoms with Gasteiger partial charge in [0, 0.05) is 16.9 Å². The van der Waals surface area contributed by atoms with E-state index in [1.54, 1.807) is 13.8 Å². The summed E-state index contributed by atoms with van der Waals surface area (Å²) in [5, 5.41) is 2.80. The number of benzene rings is 1. The molecule has 1 N–H and O–H groups in total. The minimum Gasteiger partial charge on any atom is -0.464 e. The van der Waals surface area contributed by atoms with Crippen LogP contribution in [0.5, 0.6) is 0 Å². The average Bonchev–Trinajstić information content (AvgIpc) is 2.65. The lowest BCUT2D eigenvalue weighted by molar-refractivity contribution is -0.147. The molecule has 0 aliphatic carbocycles. The molecule has 1 aliphatic rings. The summed E-state index contributed by atoms with van der Waals surface area (Å²) in [5.74, 6) is -1.24. The van der Waals surface area contributed by atoms with E-state index in [-0.39, 0.29) is 24.0 Å². The van der Waals surface area contributed by atoms with Gasteiger partial charge in [0.05, 0.1) is 6.61 Å². The van der Waals surface area contributed by atoms with Crippen molar-refractivity contribution in [2.75, 3.05) is 6.61 Å². The fourth-order valence-corrected chi connectivity index (χ4v) is 2.94. The van der Waals surface area contributed by atoms with Crippen LogP contribution < -0.4 is 5.32 Å². The Balaban J connectivity index is 2.44. The average molecular weight is 300 g/mol. The number of halogens is 2. The summed E-state index contributed by atoms with van der Waals surface area (Å²) >= 11 is 6.06. The summed E-state index contributed by atoms with van der Waals surface area (Å²) in [5.41, 5.74) is -0.300. The van der Waals surface area contributed by atoms with Gasteiger partial charge in [-0.3, -0.25) is 4.79 Å². The largest absolute Gasteiger partial charge is 0.464 e. The molecule has 6 heteroatoms. The number of esters is 1. The highest BCUT2D eigenvalue weighted by atomic mass is 35.5. The van der Waals surface area contributed by atoms with E-state index < -0.39 is 23.2 Å². The zero-order valence-corrected chi connectivity index (χ0v) is 12.0. The van der Waals surface area contributed by atoms with Crippen molar-refractivity contribution in [3.05, 3.63) is 34.6 Å². The van der Waals surface area contributed by atoms with Crippen molar-refractivity contribution in [2.24, 2.45) is 0 Å². The van der Waals surface area contributed by atoms with Crippen LogP contribution in [0.15, 0.2) is 18.2 Å². The molecule has 1 aromatic rings. The molecule has 108 valence electrons. The highest BCUT2D eigenvalue weighted by Gasteiger charge is 2.50. The number of carbonyl (C=O) groups excluding carboxylic acids is 2. The molecule has 20 heavy (non-hydrogen) atoms. The third-order valence-corrected chi connectivity index (χ3v) is 3.85. The second-order valence-electron chi connectivity index (χ2n) is 4.97. The Kier molecular flexibility index (Phi) is 3.99. The predicted octanol–water partition coefficient (Wildman–Crippen LogP) is 2.19. The maximum Gasteiger partial charge on any atom is 0.329 e. The molecular weight excluding hydrogens is 285 g/mol. The van der Waals surface area contributed by atoms with Gasteiger partial charge in [-0.25, -0.2) is 9.18 Å². The molecule has 0 saturated carbocycles. The first-order chi connectivity index (χ1) is 9.38. The van der Waals surface area contributed by atoms with E-state index in [0.29, 0.717) is 5.56 Å². The van der Waals surface area contributed by atoms with E-state index in [0.717, 1.165) is 0 Å². The van der Waals surface area contributed by atoms with Gasteiger partial charge in [-0.05, 0) is 24.6 Å². The van der Waals surface area contributed by atoms with Crippen LogP contribution in [0, 0.1) is 5.82 Å². The van der Waals surface area contributed by atoms with Gasteiger partial charge < -0.3 is 10.1 Å². The van der Waals surface area contributed by atoms with Crippen molar-refractivity contribution in [1.29, 1.82) is 0 Å². The second-order valence-corrected chi connectivity index (χ2v) is 5.38. The number of amides is 1. The number of nitrogens with one attached hydrogen (secondary N) is 1. The minimum absolute atomic E-state index is 0.0990. The van der Waals surface area contributed by atoms with Gasteiger partial charge in [0.15, 0.2) is 0 Å². The lowest BCUT2D eigenvalue weighted by Gasteiger charge is -2.29. The van der Waals surface area contributed by atoms with Crippen molar-refractivity contribution >= 4 is 23.5 Å². The first kappa shape index (κ1) is 14.8. The van der Waals surface area contributed by atoms with Crippen LogP contribution in [0.3, 0.4) is 0 Å². The van der Waals surface area contributed by atoms with Gasteiger partial charge in [0.25, 0.3) is 0 Å². The van der Waals surface area contributed by atoms with Crippen molar-refractivity contribution in [2.45, 2.75) is 31.7 Å². The highest BCUT2D eigenvalue weighted by molar-refractivity contribution is 6.31. The molecular formula is C14H15ClFNO3. The van der Waals surface area contributed by atoms with Gasteiger partial charge >= 0.3 is 5.97 Å². The number of rotatable bonds is 3. The Morgan fingerprint density at radius 1 is 1.60 bits per heavy atom. The molecule has 0 radical (unpaired) electrons. The molecule has 0 spiro atoms. The van der Waals surface area contributed by atoms with Crippen molar-refractivity contribution in [3.8, 4) is 0 Å². The molecule has 4 nitrogen and oxygen atoms in total. The molecule has 2 atom stereocenters. The van der Waals surface area contributed by atoms with Gasteiger partial charge in [-0.15, -0.1) is 0 Å². The van der Waals surface area contributed by atoms with Gasteiger partial charge in [-0.1, -0.05) is 24.6 Å². The van der Waals surface area contributed by atoms with Crippen LogP contribution >= 0.6 is 11.6 Å². The maximum atomic E-state index is 13.2. The zero-order valence-electron chi connectivity index (χ0n) is 11.2. The topological polar surface area (TPSA) is 55.4 Å². The van der Waals surface area contributed by atoms with Crippen LogP contribution in [0.1, 0.15) is 25.8 Å². The first-order valence-corrected chi connectivity index (χ1v) is 6.68. The van der Waals surface area contributed by atoms with Gasteiger partial charge in [0.2, 0.25) is 5.91 Å². The van der Waals surface area contributed by atoms with E-state index in [1.165, 1.54) is 18.2 Å². The van der Waals surface area contributed by atoms with Crippen molar-refractivity contribution in [3.63, 3.8) is 0 Å². The molecule has 0 bridgehead atoms. The van der Waals surface area contributed by atoms with E-state index in [9.17, 15) is 14.0 Å². The minimum atomic E-state index is -0.853. The van der Waals surface area contributed by atoms with Crippen LogP contribution in [-0.4, -0.2) is 24.5 Å². The van der Waals surface area contributed by atoms with Gasteiger partial charge in [-0.2, -0.15) is 0 Å². The Hall–Kier alpha value is -1.62. The fourth-order valence-electron chi connectivity index (χ4n) is 2.55. The van der Waals surface area contributed by atoms with E-state index >= 15 is 0 Å². The smallest absolute Gasteiger partial charge is 0.329 e. The molecule has 2 unspecified atom stereocenters. The molecule has 1 fully saturated rings. The van der Waals surface area contributed by atoms with Crippen molar-refractivity contribution < 1.29 is 18.7 Å². The quantitative estimate of drug-likeness (QED) is 0.871. The molecule has 1 saturated heterocycles. The number of hydrogen-bond acceptors (Lipinski definition) is 3. The zero-order chi connectivity index (χ0) is 14.9. The summed E-state index contributed by atoms with van der Waals surface area (Å²) in [6, 6.07) is 3.12. The molecule has 1 aromatic carbocycles. The summed E-state index contributed by atoms with van der Waals surface area (Å²) in [6.07, 6.45) is 0.0990. The summed E-state index contributed by atoms with van der Waals surface area (Å²) in [4.78, 5) is 23.7. The van der Waals surface area contributed by atoms with Gasteiger partial charge in [0.1, 0.15) is 11.9 Å². The maximum absolute atomic E-state index is 13.2. The molecule has 1 heterocycles. The van der Waals surface area contributed by atoms with Crippen LogP contribution in [-0.2, 0) is 19.7 Å². The van der Waals surface area contributed by atoms with E-state index in [1.807, 2.05) is 0 Å². The lowest BCUT2D eigenvalue weighted by Crippen LogP contribution is -2.46. The molecule has 1 amide bonds. The first-order valence-electron chi connectivity index (χ1n) is 6.30. The summed E-state index contributed by atoms with van der Waals surface area (Å²) in [6.45, 7) is 3.65. The van der Waals surface area contributed by atoms with Crippen LogP contribution in [0.2, 0.25) is 5.02 Å². The fraction of sp³-hybridized carbons (Fsp3) is 0.429. The SMILES string of the molecule is CCOC(=O)C1NC(=O)CC1(C)c1ccc(F)cc1Cl. The molecule has 1 aliphatic heterocycles. The van der Waals surface area contributed by atoms with E-state index in [4.69, 9.17) is 16.3 Å². The van der Waals surface area contributed by atoms with E-state index in [2.05, 4.69) is 5.32 Å². The Morgan fingerprint density at radius 2 is 2.30 bits per heavy atom. The highest BCUT2D eigenvalue weighted by Crippen LogP contribution is 2.40. The second kappa shape index (κ2) is 5.40. The third-order valence-electron chi connectivity index (χ3n) is 3.54. The van der Waals surface area contributed by atoms with Crippen LogP contribution in [0.25, 0.3) is 0 Å². The standard InChI is InChI=1S/C14H15ClFNO3/c1-3-20-13(19)12-14(2,7-11(18)17-12)9-5-4-8(16)6-10(9)15/h4-6,12H,3,7H2,1-2H3,(H,17,18). The Bertz CT molecular complexity index is 563.